The first-order chi connectivity index (χ1) is 9.99. The first-order valence-corrected chi connectivity index (χ1v) is 8.91. The molecule has 1 aliphatic rings. The van der Waals surface area contributed by atoms with Crippen LogP contribution in [0.5, 0.6) is 0 Å². The molecule has 0 fully saturated rings. The van der Waals surface area contributed by atoms with Crippen molar-refractivity contribution in [1.82, 2.24) is 4.72 Å². The summed E-state index contributed by atoms with van der Waals surface area (Å²) < 4.78 is 32.4. The molecular formula is C15H24N2O3S. The third-order valence-electron chi connectivity index (χ3n) is 3.32. The van der Waals surface area contributed by atoms with Crippen molar-refractivity contribution in [3.8, 4) is 0 Å². The van der Waals surface area contributed by atoms with Crippen LogP contribution < -0.4 is 10.0 Å². The van der Waals surface area contributed by atoms with Crippen LogP contribution in [0.1, 0.15) is 25.8 Å². The van der Waals surface area contributed by atoms with Crippen LogP contribution in [0.3, 0.4) is 0 Å². The summed E-state index contributed by atoms with van der Waals surface area (Å²) in [7, 11) is -3.46. The van der Waals surface area contributed by atoms with Gasteiger partial charge in [0.15, 0.2) is 0 Å². The van der Waals surface area contributed by atoms with Gasteiger partial charge in [-0.15, -0.1) is 0 Å². The molecule has 0 saturated carbocycles. The van der Waals surface area contributed by atoms with E-state index in [9.17, 15) is 8.42 Å². The highest BCUT2D eigenvalue weighted by Gasteiger charge is 2.17. The number of anilines is 1. The Morgan fingerprint density at radius 3 is 2.95 bits per heavy atom. The lowest BCUT2D eigenvalue weighted by atomic mass is 10.0. The zero-order chi connectivity index (χ0) is 15.3. The van der Waals surface area contributed by atoms with Crippen molar-refractivity contribution >= 4 is 15.7 Å². The van der Waals surface area contributed by atoms with Crippen LogP contribution in [-0.2, 0) is 21.2 Å². The minimum absolute atomic E-state index is 0.291. The molecule has 2 rings (SSSR count). The van der Waals surface area contributed by atoms with Crippen molar-refractivity contribution in [1.29, 1.82) is 0 Å². The van der Waals surface area contributed by atoms with E-state index in [1.807, 2.05) is 6.07 Å². The highest BCUT2D eigenvalue weighted by atomic mass is 32.2. The van der Waals surface area contributed by atoms with Crippen LogP contribution >= 0.6 is 0 Å². The number of nitrogens with one attached hydrogen (secondary N) is 2. The first-order valence-electron chi connectivity index (χ1n) is 7.43. The number of benzene rings is 1. The van der Waals surface area contributed by atoms with Gasteiger partial charge in [0.25, 0.3) is 0 Å². The molecule has 1 aliphatic heterocycles. The van der Waals surface area contributed by atoms with E-state index in [-0.39, 0.29) is 0 Å². The molecule has 2 N–H and O–H groups in total. The van der Waals surface area contributed by atoms with Gasteiger partial charge in [-0.25, -0.2) is 13.1 Å². The molecule has 1 aromatic carbocycles. The molecule has 1 aromatic rings. The van der Waals surface area contributed by atoms with Crippen molar-refractivity contribution < 1.29 is 13.2 Å². The number of sulfonamides is 1. The summed E-state index contributed by atoms with van der Waals surface area (Å²) in [5.41, 5.74) is 2.11. The van der Waals surface area contributed by atoms with E-state index in [0.717, 1.165) is 25.1 Å². The normalized spacial score (nSPS) is 14.8. The fourth-order valence-corrected chi connectivity index (χ4v) is 3.30. The largest absolute Gasteiger partial charge is 0.385 e. The lowest BCUT2D eigenvalue weighted by Crippen LogP contribution is -2.28. The summed E-state index contributed by atoms with van der Waals surface area (Å²) in [5, 5.41) is 3.25. The minimum Gasteiger partial charge on any atom is -0.385 e. The van der Waals surface area contributed by atoms with E-state index in [1.165, 1.54) is 5.56 Å². The summed E-state index contributed by atoms with van der Waals surface area (Å²) in [5.74, 6) is 0.452. The number of hydrogen-bond donors (Lipinski definition) is 2. The molecule has 0 saturated heterocycles. The van der Waals surface area contributed by atoms with E-state index < -0.39 is 10.0 Å². The van der Waals surface area contributed by atoms with E-state index >= 15 is 0 Å². The van der Waals surface area contributed by atoms with Crippen molar-refractivity contribution in [3.63, 3.8) is 0 Å². The highest BCUT2D eigenvalue weighted by molar-refractivity contribution is 7.89. The van der Waals surface area contributed by atoms with Crippen LogP contribution in [0.25, 0.3) is 0 Å². The van der Waals surface area contributed by atoms with Gasteiger partial charge in [-0.2, -0.15) is 0 Å². The maximum absolute atomic E-state index is 12.2. The fourth-order valence-electron chi connectivity index (χ4n) is 2.26. The van der Waals surface area contributed by atoms with Crippen LogP contribution in [0.15, 0.2) is 23.1 Å². The molecule has 0 amide bonds. The standard InChI is InChI=1S/C15H24N2O3S/c1-12(2)11-20-9-8-17-21(18,19)14-6-5-13-4-3-7-16-15(13)10-14/h5-6,10,12,16-17H,3-4,7-9,11H2,1-2H3. The molecule has 0 aromatic heterocycles. The number of fused-ring (bicyclic) bond motifs is 1. The van der Waals surface area contributed by atoms with Gasteiger partial charge in [0.1, 0.15) is 0 Å². The van der Waals surface area contributed by atoms with E-state index in [0.29, 0.717) is 30.6 Å². The molecule has 0 atom stereocenters. The second-order valence-electron chi connectivity index (χ2n) is 5.72. The zero-order valence-corrected chi connectivity index (χ0v) is 13.5. The summed E-state index contributed by atoms with van der Waals surface area (Å²) in [4.78, 5) is 0.305. The van der Waals surface area contributed by atoms with Crippen molar-refractivity contribution in [3.05, 3.63) is 23.8 Å². The van der Waals surface area contributed by atoms with Crippen LogP contribution in [-0.4, -0.2) is 34.7 Å². The molecule has 118 valence electrons. The van der Waals surface area contributed by atoms with Crippen molar-refractivity contribution in [2.75, 3.05) is 31.6 Å². The Labute approximate surface area is 127 Å². The van der Waals surface area contributed by atoms with Gasteiger partial charge in [0.2, 0.25) is 10.0 Å². The molecule has 21 heavy (non-hydrogen) atoms. The predicted molar refractivity (Wildman–Crippen MR) is 84.1 cm³/mol. The topological polar surface area (TPSA) is 67.4 Å². The molecular weight excluding hydrogens is 288 g/mol. The lowest BCUT2D eigenvalue weighted by Gasteiger charge is -2.18. The Kier molecular flexibility index (Phi) is 5.61. The summed E-state index contributed by atoms with van der Waals surface area (Å²) >= 11 is 0. The third-order valence-corrected chi connectivity index (χ3v) is 4.78. The first kappa shape index (κ1) is 16.3. The quantitative estimate of drug-likeness (QED) is 0.756. The number of hydrogen-bond acceptors (Lipinski definition) is 4. The average Bonchev–Trinajstić information content (AvgIpc) is 2.46. The van der Waals surface area contributed by atoms with Crippen molar-refractivity contribution in [2.24, 2.45) is 5.92 Å². The minimum atomic E-state index is -3.46. The second-order valence-corrected chi connectivity index (χ2v) is 7.48. The van der Waals surface area contributed by atoms with Gasteiger partial charge in [-0.1, -0.05) is 19.9 Å². The molecule has 0 bridgehead atoms. The molecule has 0 unspecified atom stereocenters. The van der Waals surface area contributed by atoms with Crippen molar-refractivity contribution in [2.45, 2.75) is 31.6 Å². The summed E-state index contributed by atoms with van der Waals surface area (Å²) in [6.45, 7) is 6.34. The fraction of sp³-hybridized carbons (Fsp3) is 0.600. The van der Waals surface area contributed by atoms with Gasteiger partial charge in [-0.3, -0.25) is 0 Å². The highest BCUT2D eigenvalue weighted by Crippen LogP contribution is 2.24. The van der Waals surface area contributed by atoms with Gasteiger partial charge in [-0.05, 0) is 36.5 Å². The summed E-state index contributed by atoms with van der Waals surface area (Å²) in [6, 6.07) is 5.28. The Morgan fingerprint density at radius 1 is 1.38 bits per heavy atom. The third kappa shape index (κ3) is 4.69. The van der Waals surface area contributed by atoms with Gasteiger partial charge in [0.05, 0.1) is 11.5 Å². The Bertz CT molecular complexity index is 570. The van der Waals surface area contributed by atoms with Crippen LogP contribution in [0, 0.1) is 5.92 Å². The maximum Gasteiger partial charge on any atom is 0.240 e. The second kappa shape index (κ2) is 7.24. The van der Waals surface area contributed by atoms with E-state index in [1.54, 1.807) is 12.1 Å². The molecule has 1 heterocycles. The van der Waals surface area contributed by atoms with Gasteiger partial charge in [0, 0.05) is 25.4 Å². The maximum atomic E-state index is 12.2. The van der Waals surface area contributed by atoms with Crippen LogP contribution in [0.4, 0.5) is 5.69 Å². The number of ether oxygens (including phenoxy) is 1. The number of aryl methyl sites for hydroxylation is 1. The molecule has 6 heteroatoms. The number of rotatable bonds is 7. The monoisotopic (exact) mass is 312 g/mol. The lowest BCUT2D eigenvalue weighted by molar-refractivity contribution is 0.114. The molecule has 0 radical (unpaired) electrons. The Balaban J connectivity index is 1.93. The zero-order valence-electron chi connectivity index (χ0n) is 12.7. The van der Waals surface area contributed by atoms with Gasteiger partial charge < -0.3 is 10.1 Å². The Morgan fingerprint density at radius 2 is 2.19 bits per heavy atom. The SMILES string of the molecule is CC(C)COCCNS(=O)(=O)c1ccc2c(c1)NCCC2. The average molecular weight is 312 g/mol. The van der Waals surface area contributed by atoms with Gasteiger partial charge >= 0.3 is 0 Å². The smallest absolute Gasteiger partial charge is 0.240 e. The van der Waals surface area contributed by atoms with Crippen LogP contribution in [0.2, 0.25) is 0 Å². The van der Waals surface area contributed by atoms with E-state index in [2.05, 4.69) is 23.9 Å². The predicted octanol–water partition coefficient (Wildman–Crippen LogP) is 2.00. The molecule has 0 spiro atoms. The Hall–Kier alpha value is -1.11. The summed E-state index contributed by atoms with van der Waals surface area (Å²) in [6.07, 6.45) is 2.09. The van der Waals surface area contributed by atoms with E-state index in [4.69, 9.17) is 4.74 Å². The molecule has 0 aliphatic carbocycles. The molecule has 5 nitrogen and oxygen atoms in total.